The molecule has 1 saturated heterocycles. The van der Waals surface area contributed by atoms with Gasteiger partial charge in [0.05, 0.1) is 23.9 Å². The number of nitrogens with zero attached hydrogens (tertiary/aromatic N) is 4. The van der Waals surface area contributed by atoms with Gasteiger partial charge in [0.25, 0.3) is 0 Å². The highest BCUT2D eigenvalue weighted by atomic mass is 32.1. The number of hydrogen-bond donors (Lipinski definition) is 0. The average molecular weight is 334 g/mol. The first kappa shape index (κ1) is 16.1. The minimum atomic E-state index is 0.00601. The van der Waals surface area contributed by atoms with Crippen LogP contribution in [-0.2, 0) is 22.5 Å². The van der Waals surface area contributed by atoms with E-state index in [1.54, 1.807) is 17.5 Å². The third kappa shape index (κ3) is 4.39. The second kappa shape index (κ2) is 7.70. The number of carbonyl (C=O) groups is 1. The smallest absolute Gasteiger partial charge is 0.223 e. The van der Waals surface area contributed by atoms with Crippen LogP contribution in [-0.4, -0.2) is 51.4 Å². The van der Waals surface area contributed by atoms with Crippen molar-refractivity contribution in [1.29, 1.82) is 0 Å². The molecular weight excluding hydrogens is 312 g/mol. The van der Waals surface area contributed by atoms with Crippen molar-refractivity contribution in [2.24, 2.45) is 0 Å². The number of thiazole rings is 1. The van der Waals surface area contributed by atoms with Crippen LogP contribution in [0.4, 0.5) is 0 Å². The number of carbonyl (C=O) groups excluding carboxylic acids is 1. The van der Waals surface area contributed by atoms with Crippen molar-refractivity contribution < 1.29 is 9.53 Å². The minimum Gasteiger partial charge on any atom is -0.374 e. The Hall–Kier alpha value is -1.73. The summed E-state index contributed by atoms with van der Waals surface area (Å²) >= 11 is 1.63. The third-order valence-corrected chi connectivity index (χ3v) is 5.06. The van der Waals surface area contributed by atoms with Gasteiger partial charge in [-0.25, -0.2) is 4.98 Å². The van der Waals surface area contributed by atoms with Crippen molar-refractivity contribution >= 4 is 17.2 Å². The Morgan fingerprint density at radius 3 is 3.17 bits per heavy atom. The van der Waals surface area contributed by atoms with Crippen LogP contribution in [0.3, 0.4) is 0 Å². The van der Waals surface area contributed by atoms with Gasteiger partial charge in [0.2, 0.25) is 5.91 Å². The number of aromatic nitrogens is 3. The van der Waals surface area contributed by atoms with E-state index in [0.717, 1.165) is 25.1 Å². The van der Waals surface area contributed by atoms with Crippen LogP contribution in [0.15, 0.2) is 24.0 Å². The van der Waals surface area contributed by atoms with E-state index < -0.39 is 0 Å². The van der Waals surface area contributed by atoms with Crippen LogP contribution < -0.4 is 0 Å². The molecule has 1 fully saturated rings. The summed E-state index contributed by atoms with van der Waals surface area (Å²) < 4.78 is 7.72. The molecule has 0 aliphatic carbocycles. The number of rotatable bonds is 5. The van der Waals surface area contributed by atoms with Crippen molar-refractivity contribution in [3.8, 4) is 0 Å². The lowest BCUT2D eigenvalue weighted by atomic mass is 10.2. The molecule has 2 aromatic heterocycles. The lowest BCUT2D eigenvalue weighted by molar-refractivity contribution is -0.132. The highest BCUT2D eigenvalue weighted by Crippen LogP contribution is 2.16. The summed E-state index contributed by atoms with van der Waals surface area (Å²) in [6.45, 7) is 4.79. The lowest BCUT2D eigenvalue weighted by Crippen LogP contribution is -2.38. The molecule has 3 heterocycles. The predicted octanol–water partition coefficient (Wildman–Crippen LogP) is 1.90. The first-order valence-electron chi connectivity index (χ1n) is 7.98. The van der Waals surface area contributed by atoms with Crippen LogP contribution in [0.1, 0.15) is 23.4 Å². The van der Waals surface area contributed by atoms with Crippen LogP contribution in [0.2, 0.25) is 0 Å². The van der Waals surface area contributed by atoms with Crippen molar-refractivity contribution in [3.05, 3.63) is 34.5 Å². The van der Waals surface area contributed by atoms with Crippen LogP contribution in [0.25, 0.3) is 0 Å². The van der Waals surface area contributed by atoms with Gasteiger partial charge in [-0.3, -0.25) is 9.48 Å². The quantitative estimate of drug-likeness (QED) is 0.838. The molecule has 7 heteroatoms. The predicted molar refractivity (Wildman–Crippen MR) is 88.3 cm³/mol. The van der Waals surface area contributed by atoms with E-state index in [1.807, 2.05) is 34.3 Å². The zero-order valence-corrected chi connectivity index (χ0v) is 14.2. The summed E-state index contributed by atoms with van der Waals surface area (Å²) in [6, 6.07) is 1.90. The molecule has 1 aliphatic heterocycles. The summed E-state index contributed by atoms with van der Waals surface area (Å²) in [5, 5.41) is 4.22. The largest absolute Gasteiger partial charge is 0.374 e. The maximum absolute atomic E-state index is 12.5. The van der Waals surface area contributed by atoms with Crippen LogP contribution >= 0.6 is 11.3 Å². The monoisotopic (exact) mass is 334 g/mol. The Bertz CT molecular complexity index is 626. The molecule has 0 spiro atoms. The van der Waals surface area contributed by atoms with Gasteiger partial charge in [-0.05, 0) is 25.8 Å². The Labute approximate surface area is 140 Å². The van der Waals surface area contributed by atoms with Crippen molar-refractivity contribution in [1.82, 2.24) is 19.7 Å². The van der Waals surface area contributed by atoms with Gasteiger partial charge in [0.15, 0.2) is 0 Å². The molecule has 1 amide bonds. The summed E-state index contributed by atoms with van der Waals surface area (Å²) in [7, 11) is 0. The highest BCUT2D eigenvalue weighted by Gasteiger charge is 2.23. The molecule has 0 saturated carbocycles. The van der Waals surface area contributed by atoms with Gasteiger partial charge in [-0.2, -0.15) is 5.10 Å². The van der Waals surface area contributed by atoms with E-state index in [1.165, 1.54) is 4.88 Å². The maximum Gasteiger partial charge on any atom is 0.223 e. The maximum atomic E-state index is 12.5. The fourth-order valence-corrected chi connectivity index (χ4v) is 3.58. The minimum absolute atomic E-state index is 0.00601. The zero-order chi connectivity index (χ0) is 16.1. The number of amides is 1. The lowest BCUT2D eigenvalue weighted by Gasteiger charge is -2.24. The van der Waals surface area contributed by atoms with Crippen molar-refractivity contribution in [2.45, 2.75) is 38.8 Å². The van der Waals surface area contributed by atoms with E-state index in [4.69, 9.17) is 4.74 Å². The fraction of sp³-hybridized carbons (Fsp3) is 0.562. The van der Waals surface area contributed by atoms with Crippen molar-refractivity contribution in [2.75, 3.05) is 19.7 Å². The SMILES string of the molecule is Cc1ncsc1CCC(=O)N1CCCO[C@H](Cn2cccn2)C1. The second-order valence-corrected chi connectivity index (χ2v) is 6.71. The summed E-state index contributed by atoms with van der Waals surface area (Å²) in [5.41, 5.74) is 2.88. The normalized spacial score (nSPS) is 18.8. The van der Waals surface area contributed by atoms with Crippen LogP contribution in [0, 0.1) is 6.92 Å². The van der Waals surface area contributed by atoms with Gasteiger partial charge in [0, 0.05) is 43.4 Å². The van der Waals surface area contributed by atoms with E-state index in [-0.39, 0.29) is 12.0 Å². The van der Waals surface area contributed by atoms with Gasteiger partial charge >= 0.3 is 0 Å². The van der Waals surface area contributed by atoms with E-state index in [0.29, 0.717) is 26.1 Å². The molecule has 0 aromatic carbocycles. The summed E-state index contributed by atoms with van der Waals surface area (Å²) in [5.74, 6) is 0.203. The fourth-order valence-electron chi connectivity index (χ4n) is 2.79. The average Bonchev–Trinajstić information content (AvgIpc) is 3.13. The molecule has 0 bridgehead atoms. The number of aryl methyl sites for hydroxylation is 2. The Morgan fingerprint density at radius 2 is 2.43 bits per heavy atom. The Balaban J connectivity index is 1.54. The Kier molecular flexibility index (Phi) is 5.40. The molecule has 0 radical (unpaired) electrons. The molecule has 1 aliphatic rings. The third-order valence-electron chi connectivity index (χ3n) is 4.06. The van der Waals surface area contributed by atoms with E-state index in [9.17, 15) is 4.79 Å². The van der Waals surface area contributed by atoms with Gasteiger partial charge in [-0.1, -0.05) is 0 Å². The number of hydrogen-bond acceptors (Lipinski definition) is 5. The summed E-state index contributed by atoms with van der Waals surface area (Å²) in [4.78, 5) is 19.9. The van der Waals surface area contributed by atoms with E-state index in [2.05, 4.69) is 10.1 Å². The molecule has 2 aromatic rings. The zero-order valence-electron chi connectivity index (χ0n) is 13.4. The van der Waals surface area contributed by atoms with Gasteiger partial charge < -0.3 is 9.64 Å². The molecule has 23 heavy (non-hydrogen) atoms. The molecule has 1 atom stereocenters. The topological polar surface area (TPSA) is 60.3 Å². The standard InChI is InChI=1S/C16H22N4O2S/c1-13-15(23-12-17-13)4-5-16(21)19-7-3-9-22-14(10-19)11-20-8-2-6-18-20/h2,6,8,12,14H,3-5,7,9-11H2,1H3/t14-/m0/s1. The highest BCUT2D eigenvalue weighted by molar-refractivity contribution is 7.09. The first-order valence-corrected chi connectivity index (χ1v) is 8.86. The second-order valence-electron chi connectivity index (χ2n) is 5.78. The molecular formula is C16H22N4O2S. The van der Waals surface area contributed by atoms with Crippen LogP contribution in [0.5, 0.6) is 0 Å². The molecule has 3 rings (SSSR count). The van der Waals surface area contributed by atoms with E-state index >= 15 is 0 Å². The summed E-state index contributed by atoms with van der Waals surface area (Å²) in [6.07, 6.45) is 5.89. The van der Waals surface area contributed by atoms with Gasteiger partial charge in [-0.15, -0.1) is 11.3 Å². The molecule has 0 unspecified atom stereocenters. The molecule has 124 valence electrons. The Morgan fingerprint density at radius 1 is 1.52 bits per heavy atom. The number of ether oxygens (including phenoxy) is 1. The first-order chi connectivity index (χ1) is 11.2. The van der Waals surface area contributed by atoms with Gasteiger partial charge in [0.1, 0.15) is 0 Å². The molecule has 0 N–H and O–H groups in total. The molecule has 6 nitrogen and oxygen atoms in total. The van der Waals surface area contributed by atoms with Crippen molar-refractivity contribution in [3.63, 3.8) is 0 Å².